The number of nitrogens with zero attached hydrogens (tertiary/aromatic N) is 2. The van der Waals surface area contributed by atoms with Crippen molar-refractivity contribution in [3.63, 3.8) is 0 Å². The van der Waals surface area contributed by atoms with Crippen LogP contribution in [0.15, 0.2) is 16.5 Å². The van der Waals surface area contributed by atoms with Gasteiger partial charge in [-0.2, -0.15) is 18.4 Å². The maximum atomic E-state index is 4.37. The molecule has 1 rings (SSSR count). The van der Waals surface area contributed by atoms with Crippen molar-refractivity contribution in [2.45, 2.75) is 67.7 Å². The monoisotopic (exact) mass is 538 g/mol. The average molecular weight is 538 g/mol. The van der Waals surface area contributed by atoms with Gasteiger partial charge in [-0.3, -0.25) is 0 Å². The first kappa shape index (κ1) is 22.7. The van der Waals surface area contributed by atoms with Gasteiger partial charge < -0.3 is 4.90 Å². The van der Waals surface area contributed by atoms with Gasteiger partial charge in [0.2, 0.25) is 0 Å². The van der Waals surface area contributed by atoms with E-state index in [0.717, 1.165) is 18.8 Å². The maximum absolute atomic E-state index is 4.37. The van der Waals surface area contributed by atoms with Gasteiger partial charge in [0.1, 0.15) is 5.84 Å². The standard InChI is InChI=1S/C9H15N2S.C4H10.C2H6.Rf/c1-4-7-8-10-12-9(5-2)11(8)6-3;1-3-4-2;1-2;/h4,7H,5-6H2,1-3H3;3-4H2,1-2H3;1-2H3;/q-1;;;/b7-4+;;;. The van der Waals surface area contributed by atoms with E-state index in [0.29, 0.717) is 0 Å². The Bertz CT molecular complexity index is 228. The molecule has 1 aliphatic rings. The van der Waals surface area contributed by atoms with Gasteiger partial charge in [-0.15, -0.1) is 5.37 Å². The molecule has 0 aromatic heterocycles. The van der Waals surface area contributed by atoms with Crippen LogP contribution in [-0.2, 0) is 0 Å². The molecule has 110 valence electrons. The molecule has 2 nitrogen and oxygen atoms in total. The molecule has 0 fully saturated rings. The molecule has 0 aliphatic carbocycles. The van der Waals surface area contributed by atoms with Crippen LogP contribution in [0.4, 0.5) is 0 Å². The number of likely N-dealkylation sites (N-methyl/N-ethyl adjacent to an activating group) is 1. The van der Waals surface area contributed by atoms with E-state index in [2.05, 4.69) is 43.1 Å². The van der Waals surface area contributed by atoms with Gasteiger partial charge in [-0.05, 0) is 26.5 Å². The molecule has 19 heavy (non-hydrogen) atoms. The molecule has 0 spiro atoms. The molecule has 0 aromatic rings. The number of hydrogen-bond acceptors (Lipinski definition) is 3. The van der Waals surface area contributed by atoms with E-state index in [1.807, 2.05) is 26.8 Å². The summed E-state index contributed by atoms with van der Waals surface area (Å²) in [5.74, 6) is 1.09. The minimum atomic E-state index is 0. The molecule has 0 N–H and O–H groups in total. The predicted molar refractivity (Wildman–Crippen MR) is 87.7 cm³/mol. The minimum Gasteiger partial charge on any atom is -0.493 e. The number of unbranched alkanes of at least 4 members (excludes halogenated alkanes) is 1. The Labute approximate surface area is 119 Å². The summed E-state index contributed by atoms with van der Waals surface area (Å²) in [5.41, 5.74) is 0. The third-order valence-electron chi connectivity index (χ3n) is 2.26. The van der Waals surface area contributed by atoms with E-state index in [-0.39, 0.29) is 0 Å². The fourth-order valence-electron chi connectivity index (χ4n) is 1.19. The molecule has 0 amide bonds. The van der Waals surface area contributed by atoms with Crippen molar-refractivity contribution >= 4 is 17.8 Å². The van der Waals surface area contributed by atoms with Crippen LogP contribution >= 0.6 is 11.9 Å². The first-order valence-electron chi connectivity index (χ1n) is 7.26. The summed E-state index contributed by atoms with van der Waals surface area (Å²) < 4.78 is 4.37. The van der Waals surface area contributed by atoms with E-state index in [1.54, 1.807) is 11.9 Å². The van der Waals surface area contributed by atoms with Crippen LogP contribution in [0.3, 0.4) is 0 Å². The van der Waals surface area contributed by atoms with Crippen LogP contribution < -0.4 is 0 Å². The zero-order chi connectivity index (χ0) is 14.4. The summed E-state index contributed by atoms with van der Waals surface area (Å²) in [5, 5.41) is 1.35. The fraction of sp³-hybridized carbons (Fsp3) is 0.733. The predicted octanol–water partition coefficient (Wildman–Crippen LogP) is 5.68. The van der Waals surface area contributed by atoms with Crippen LogP contribution in [0.1, 0.15) is 67.7 Å². The molecule has 0 unspecified atom stereocenters. The van der Waals surface area contributed by atoms with Crippen molar-refractivity contribution < 1.29 is 0 Å². The molecule has 4 heteroatoms. The van der Waals surface area contributed by atoms with Crippen molar-refractivity contribution in [1.29, 1.82) is 0 Å². The van der Waals surface area contributed by atoms with Gasteiger partial charge in [-0.1, -0.05) is 53.5 Å². The van der Waals surface area contributed by atoms with Crippen molar-refractivity contribution in [2.75, 3.05) is 6.54 Å². The number of rotatable bonds is 4. The third-order valence-corrected chi connectivity index (χ3v) is 3.25. The van der Waals surface area contributed by atoms with E-state index in [4.69, 9.17) is 0 Å². The minimum absolute atomic E-state index is 0. The Morgan fingerprint density at radius 2 is 1.68 bits per heavy atom. The van der Waals surface area contributed by atoms with E-state index in [9.17, 15) is 0 Å². The molecule has 1 aliphatic heterocycles. The SMILES string of the molecule is C/C=C/C1=NS[C-](CC)N1CC.CC.CCCC.[Rf]. The topological polar surface area (TPSA) is 15.6 Å². The van der Waals surface area contributed by atoms with E-state index >= 15 is 0 Å². The van der Waals surface area contributed by atoms with Gasteiger partial charge in [0.05, 0.1) is 0 Å². The largest absolute Gasteiger partial charge is 0.493 e. The van der Waals surface area contributed by atoms with Gasteiger partial charge >= 0.3 is 0 Å². The summed E-state index contributed by atoms with van der Waals surface area (Å²) in [4.78, 5) is 2.25. The molecule has 0 aromatic carbocycles. The van der Waals surface area contributed by atoms with Gasteiger partial charge in [0.25, 0.3) is 0 Å². The Hall–Kier alpha value is -1.44. The second-order valence-corrected chi connectivity index (χ2v) is 4.37. The Balaban J connectivity index is -0.000000316. The molecular formula is C15H31N2RfS-. The summed E-state index contributed by atoms with van der Waals surface area (Å²) in [6, 6.07) is 0. The molecule has 0 saturated carbocycles. The first-order valence-corrected chi connectivity index (χ1v) is 8.03. The molecule has 1 heterocycles. The van der Waals surface area contributed by atoms with Gasteiger partial charge in [-0.25, -0.2) is 4.40 Å². The molecule has 0 radical (unpaired) electrons. The first-order chi connectivity index (χ1) is 8.74. The molecule has 0 bridgehead atoms. The fourth-order valence-corrected chi connectivity index (χ4v) is 2.00. The zero-order valence-electron chi connectivity index (χ0n) is 14.0. The van der Waals surface area contributed by atoms with Crippen LogP contribution in [0.5, 0.6) is 0 Å². The van der Waals surface area contributed by atoms with Crippen molar-refractivity contribution in [2.24, 2.45) is 4.40 Å². The van der Waals surface area contributed by atoms with Gasteiger partial charge in [0.15, 0.2) is 0 Å². The summed E-state index contributed by atoms with van der Waals surface area (Å²) in [6.45, 7) is 15.7. The molecule has 0 atom stereocenters. The van der Waals surface area contributed by atoms with Crippen molar-refractivity contribution in [1.82, 2.24) is 4.90 Å². The van der Waals surface area contributed by atoms with Crippen molar-refractivity contribution in [3.05, 3.63) is 17.5 Å². The van der Waals surface area contributed by atoms with Crippen LogP contribution in [0.25, 0.3) is 0 Å². The molecular weight excluding hydrogens is 507 g/mol. The Morgan fingerprint density at radius 3 is 2.00 bits per heavy atom. The number of allylic oxidation sites excluding steroid dienone is 1. The van der Waals surface area contributed by atoms with Crippen molar-refractivity contribution in [3.8, 4) is 0 Å². The summed E-state index contributed by atoms with van der Waals surface area (Å²) in [7, 11) is 0. The van der Waals surface area contributed by atoms with Crippen LogP contribution in [-0.4, -0.2) is 17.3 Å². The Kier molecular flexibility index (Phi) is 19.8. The normalized spacial score (nSPS) is 14.1. The quantitative estimate of drug-likeness (QED) is 0.338. The number of amidine groups is 1. The third kappa shape index (κ3) is 9.18. The van der Waals surface area contributed by atoms with E-state index < -0.39 is 0 Å². The van der Waals surface area contributed by atoms with Crippen LogP contribution in [0, 0.1) is 5.37 Å². The van der Waals surface area contributed by atoms with Crippen LogP contribution in [0.2, 0.25) is 0 Å². The smallest absolute Gasteiger partial charge is 0.104 e. The van der Waals surface area contributed by atoms with Gasteiger partial charge in [0, 0.05) is 0 Å². The summed E-state index contributed by atoms with van der Waals surface area (Å²) >= 11 is 1.60. The molecule has 0 saturated heterocycles. The second-order valence-electron chi connectivity index (χ2n) is 3.53. The summed E-state index contributed by atoms with van der Waals surface area (Å²) in [6.07, 6.45) is 7.79. The number of hydrogen-bond donors (Lipinski definition) is 0. The zero-order valence-corrected chi connectivity index (χ0v) is 21.2. The maximum Gasteiger partial charge on any atom is 0.104 e. The Morgan fingerprint density at radius 1 is 1.16 bits per heavy atom. The second kappa shape index (κ2) is 16.6. The van der Waals surface area contributed by atoms with E-state index in [1.165, 1.54) is 18.2 Å². The average Bonchev–Trinajstić information content (AvgIpc) is 2.83.